The number of nitrogens with one attached hydrogen (secondary N) is 1. The maximum absolute atomic E-state index is 13.7. The molecule has 1 heterocycles. The van der Waals surface area contributed by atoms with E-state index in [4.69, 9.17) is 5.26 Å². The Morgan fingerprint density at radius 2 is 2.29 bits per heavy atom. The molecule has 1 unspecified atom stereocenters. The summed E-state index contributed by atoms with van der Waals surface area (Å²) in [5.41, 5.74) is 0.437. The highest BCUT2D eigenvalue weighted by Gasteiger charge is 2.26. The average molecular weight is 311 g/mol. The van der Waals surface area contributed by atoms with Gasteiger partial charge in [-0.1, -0.05) is 13.0 Å². The highest BCUT2D eigenvalue weighted by atomic mass is 32.2. The van der Waals surface area contributed by atoms with Gasteiger partial charge < -0.3 is 0 Å². The van der Waals surface area contributed by atoms with Gasteiger partial charge in [0.15, 0.2) is 0 Å². The van der Waals surface area contributed by atoms with Crippen molar-refractivity contribution in [2.45, 2.75) is 26.3 Å². The van der Waals surface area contributed by atoms with Gasteiger partial charge in [-0.15, -0.1) is 0 Å². The number of halogens is 1. The lowest BCUT2D eigenvalue weighted by molar-refractivity contribution is 0.278. The third-order valence-corrected chi connectivity index (χ3v) is 5.11. The second-order valence-electron chi connectivity index (χ2n) is 5.35. The van der Waals surface area contributed by atoms with Crippen LogP contribution in [0.2, 0.25) is 0 Å². The molecule has 0 aliphatic carbocycles. The van der Waals surface area contributed by atoms with Crippen molar-refractivity contribution in [1.29, 1.82) is 5.26 Å². The summed E-state index contributed by atoms with van der Waals surface area (Å²) in [7, 11) is -3.60. The number of piperidine rings is 1. The van der Waals surface area contributed by atoms with Crippen molar-refractivity contribution in [2.75, 3.05) is 13.1 Å². The van der Waals surface area contributed by atoms with Gasteiger partial charge in [-0.2, -0.15) is 22.7 Å². The van der Waals surface area contributed by atoms with Crippen LogP contribution in [0.25, 0.3) is 0 Å². The van der Waals surface area contributed by atoms with Crippen LogP contribution in [0.4, 0.5) is 4.39 Å². The topological polar surface area (TPSA) is 73.2 Å². The molecule has 1 fully saturated rings. The predicted molar refractivity (Wildman–Crippen MR) is 76.8 cm³/mol. The molecule has 5 nitrogen and oxygen atoms in total. The average Bonchev–Trinajstić information content (AvgIpc) is 2.46. The van der Waals surface area contributed by atoms with Crippen LogP contribution >= 0.6 is 0 Å². The van der Waals surface area contributed by atoms with Crippen LogP contribution in [0.3, 0.4) is 0 Å². The first-order valence-electron chi connectivity index (χ1n) is 6.85. The van der Waals surface area contributed by atoms with Crippen LogP contribution in [-0.4, -0.2) is 25.8 Å². The lowest BCUT2D eigenvalue weighted by atomic mass is 10.0. The molecule has 2 rings (SSSR count). The summed E-state index contributed by atoms with van der Waals surface area (Å²) in [6.07, 6.45) is 1.86. The van der Waals surface area contributed by atoms with Gasteiger partial charge in [0.2, 0.25) is 0 Å². The first-order chi connectivity index (χ1) is 9.92. The molecule has 0 aromatic heterocycles. The van der Waals surface area contributed by atoms with Gasteiger partial charge in [0.25, 0.3) is 10.2 Å². The standard InChI is InChI=1S/C14H18FN3O2S/c1-11-3-2-6-18(10-11)21(19,20)17-9-13-5-4-12(8-16)7-14(13)15/h4-5,7,11,17H,2-3,6,9-10H2,1H3. The molecular weight excluding hydrogens is 293 g/mol. The van der Waals surface area contributed by atoms with Gasteiger partial charge in [-0.05, 0) is 30.9 Å². The quantitative estimate of drug-likeness (QED) is 0.921. The van der Waals surface area contributed by atoms with E-state index in [2.05, 4.69) is 4.72 Å². The third-order valence-electron chi connectivity index (χ3n) is 3.59. The molecule has 1 atom stereocenters. The highest BCUT2D eigenvalue weighted by Crippen LogP contribution is 2.18. The molecule has 1 aliphatic heterocycles. The maximum atomic E-state index is 13.7. The van der Waals surface area contributed by atoms with E-state index in [0.717, 1.165) is 18.9 Å². The molecule has 21 heavy (non-hydrogen) atoms. The van der Waals surface area contributed by atoms with Crippen molar-refractivity contribution < 1.29 is 12.8 Å². The van der Waals surface area contributed by atoms with Gasteiger partial charge >= 0.3 is 0 Å². The minimum absolute atomic E-state index is 0.120. The molecule has 0 saturated carbocycles. The number of benzene rings is 1. The lowest BCUT2D eigenvalue weighted by Crippen LogP contribution is -2.45. The Morgan fingerprint density at radius 1 is 1.52 bits per heavy atom. The number of hydrogen-bond acceptors (Lipinski definition) is 3. The van der Waals surface area contributed by atoms with E-state index in [1.54, 1.807) is 0 Å². The highest BCUT2D eigenvalue weighted by molar-refractivity contribution is 7.87. The van der Waals surface area contributed by atoms with E-state index >= 15 is 0 Å². The Bertz CT molecular complexity index is 655. The summed E-state index contributed by atoms with van der Waals surface area (Å²) < 4.78 is 41.9. The summed E-state index contributed by atoms with van der Waals surface area (Å²) in [6, 6.07) is 5.83. The van der Waals surface area contributed by atoms with Crippen LogP contribution in [-0.2, 0) is 16.8 Å². The van der Waals surface area contributed by atoms with Gasteiger partial charge in [0.05, 0.1) is 11.6 Å². The Labute approximate surface area is 124 Å². The molecular formula is C14H18FN3O2S. The first-order valence-corrected chi connectivity index (χ1v) is 8.29. The van der Waals surface area contributed by atoms with Crippen molar-refractivity contribution >= 4 is 10.2 Å². The number of hydrogen-bond donors (Lipinski definition) is 1. The van der Waals surface area contributed by atoms with Crippen molar-refractivity contribution in [1.82, 2.24) is 9.03 Å². The largest absolute Gasteiger partial charge is 0.279 e. The molecule has 0 bridgehead atoms. The van der Waals surface area contributed by atoms with Gasteiger partial charge in [0.1, 0.15) is 5.82 Å². The molecule has 1 aromatic carbocycles. The summed E-state index contributed by atoms with van der Waals surface area (Å²) in [5, 5.41) is 8.67. The molecule has 114 valence electrons. The molecule has 0 spiro atoms. The van der Waals surface area contributed by atoms with E-state index in [-0.39, 0.29) is 17.7 Å². The van der Waals surface area contributed by atoms with E-state index in [9.17, 15) is 12.8 Å². The summed E-state index contributed by atoms with van der Waals surface area (Å²) in [5.74, 6) is -0.245. The predicted octanol–water partition coefficient (Wildman–Crippen LogP) is 1.76. The van der Waals surface area contributed by atoms with Crippen LogP contribution in [0, 0.1) is 23.1 Å². The zero-order valence-corrected chi connectivity index (χ0v) is 12.7. The Balaban J connectivity index is 2.03. The molecule has 1 aromatic rings. The molecule has 1 aliphatic rings. The Kier molecular flexibility index (Phi) is 4.93. The molecule has 1 saturated heterocycles. The van der Waals surface area contributed by atoms with E-state index in [1.807, 2.05) is 13.0 Å². The minimum atomic E-state index is -3.60. The van der Waals surface area contributed by atoms with Crippen LogP contribution in [0.5, 0.6) is 0 Å². The van der Waals surface area contributed by atoms with Gasteiger partial charge in [0, 0.05) is 25.2 Å². The van der Waals surface area contributed by atoms with Gasteiger partial charge in [-0.25, -0.2) is 4.39 Å². The monoisotopic (exact) mass is 311 g/mol. The fourth-order valence-corrected chi connectivity index (χ4v) is 3.73. The van der Waals surface area contributed by atoms with Crippen molar-refractivity contribution in [3.63, 3.8) is 0 Å². The second kappa shape index (κ2) is 6.52. The minimum Gasteiger partial charge on any atom is -0.207 e. The number of rotatable bonds is 4. The van der Waals surface area contributed by atoms with Crippen molar-refractivity contribution in [2.24, 2.45) is 5.92 Å². The van der Waals surface area contributed by atoms with Crippen LogP contribution < -0.4 is 4.72 Å². The smallest absolute Gasteiger partial charge is 0.207 e. The fraction of sp³-hybridized carbons (Fsp3) is 0.500. The molecule has 7 heteroatoms. The Hall–Kier alpha value is -1.49. The third kappa shape index (κ3) is 4.00. The lowest BCUT2D eigenvalue weighted by Gasteiger charge is -2.30. The normalized spacial score (nSPS) is 20.1. The number of nitriles is 1. The summed E-state index contributed by atoms with van der Waals surface area (Å²) in [6.45, 7) is 2.88. The molecule has 0 radical (unpaired) electrons. The fourth-order valence-electron chi connectivity index (χ4n) is 2.39. The first kappa shape index (κ1) is 15.9. The van der Waals surface area contributed by atoms with Crippen molar-refractivity contribution in [3.8, 4) is 6.07 Å². The zero-order valence-electron chi connectivity index (χ0n) is 11.8. The van der Waals surface area contributed by atoms with Crippen LogP contribution in [0.15, 0.2) is 18.2 Å². The Morgan fingerprint density at radius 3 is 2.90 bits per heavy atom. The van der Waals surface area contributed by atoms with Crippen LogP contribution in [0.1, 0.15) is 30.9 Å². The maximum Gasteiger partial charge on any atom is 0.279 e. The number of nitrogens with zero attached hydrogens (tertiary/aromatic N) is 2. The van der Waals surface area contributed by atoms with Gasteiger partial charge in [-0.3, -0.25) is 0 Å². The SMILES string of the molecule is CC1CCCN(S(=O)(=O)NCc2ccc(C#N)cc2F)C1. The molecule has 1 N–H and O–H groups in total. The summed E-state index contributed by atoms with van der Waals surface area (Å²) >= 11 is 0. The van der Waals surface area contributed by atoms with Crippen molar-refractivity contribution in [3.05, 3.63) is 35.1 Å². The zero-order chi connectivity index (χ0) is 15.5. The summed E-state index contributed by atoms with van der Waals surface area (Å²) in [4.78, 5) is 0. The molecule has 0 amide bonds. The van der Waals surface area contributed by atoms with E-state index < -0.39 is 16.0 Å². The second-order valence-corrected chi connectivity index (χ2v) is 7.10. The van der Waals surface area contributed by atoms with E-state index in [0.29, 0.717) is 19.0 Å². The van der Waals surface area contributed by atoms with E-state index in [1.165, 1.54) is 16.4 Å².